The van der Waals surface area contributed by atoms with Crippen LogP contribution in [0, 0.1) is 0 Å². The maximum absolute atomic E-state index is 11.6. The molecule has 0 aliphatic rings. The van der Waals surface area contributed by atoms with Crippen molar-refractivity contribution in [3.8, 4) is 0 Å². The number of Topliss-reactive ketones (excluding diaryl/α,β-unsaturated/α-hetero) is 1. The van der Waals surface area contributed by atoms with Crippen LogP contribution in [0.5, 0.6) is 0 Å². The standard InChI is InChI=1S/C14H18O3/c1-10(15)9-11-5-7-12(8-6-11)14(2,3)13(16)17-4/h5-8H,9H2,1-4H3. The molecule has 17 heavy (non-hydrogen) atoms. The van der Waals surface area contributed by atoms with Gasteiger partial charge in [0.25, 0.3) is 0 Å². The minimum atomic E-state index is -0.663. The molecule has 0 fully saturated rings. The fourth-order valence-electron chi connectivity index (χ4n) is 1.70. The Bertz CT molecular complexity index is 416. The lowest BCUT2D eigenvalue weighted by Gasteiger charge is -2.22. The first-order valence-electron chi connectivity index (χ1n) is 5.55. The molecule has 3 heteroatoms. The van der Waals surface area contributed by atoms with Crippen LogP contribution in [0.4, 0.5) is 0 Å². The second kappa shape index (κ2) is 5.13. The Kier molecular flexibility index (Phi) is 4.05. The Hall–Kier alpha value is -1.64. The summed E-state index contributed by atoms with van der Waals surface area (Å²) in [6.07, 6.45) is 0.429. The van der Waals surface area contributed by atoms with Crippen molar-refractivity contribution in [1.82, 2.24) is 0 Å². The third-order valence-electron chi connectivity index (χ3n) is 2.82. The quantitative estimate of drug-likeness (QED) is 0.750. The molecule has 0 aliphatic carbocycles. The van der Waals surface area contributed by atoms with E-state index in [0.717, 1.165) is 11.1 Å². The van der Waals surface area contributed by atoms with Crippen molar-refractivity contribution in [2.24, 2.45) is 0 Å². The van der Waals surface area contributed by atoms with Crippen LogP contribution < -0.4 is 0 Å². The van der Waals surface area contributed by atoms with Gasteiger partial charge in [-0.1, -0.05) is 24.3 Å². The molecule has 0 saturated heterocycles. The molecule has 1 aromatic carbocycles. The molecular formula is C14H18O3. The number of methoxy groups -OCH3 is 1. The third kappa shape index (κ3) is 3.16. The molecule has 0 N–H and O–H groups in total. The molecule has 0 radical (unpaired) electrons. The number of hydrogen-bond donors (Lipinski definition) is 0. The minimum absolute atomic E-state index is 0.130. The molecule has 0 saturated carbocycles. The molecule has 0 aliphatic heterocycles. The zero-order chi connectivity index (χ0) is 13.1. The number of rotatable bonds is 4. The van der Waals surface area contributed by atoms with Gasteiger partial charge in [0.2, 0.25) is 0 Å². The van der Waals surface area contributed by atoms with Crippen molar-refractivity contribution in [3.63, 3.8) is 0 Å². The van der Waals surface area contributed by atoms with E-state index in [4.69, 9.17) is 4.74 Å². The van der Waals surface area contributed by atoms with Gasteiger partial charge in [-0.05, 0) is 31.9 Å². The summed E-state index contributed by atoms with van der Waals surface area (Å²) in [6, 6.07) is 7.49. The summed E-state index contributed by atoms with van der Waals surface area (Å²) in [7, 11) is 1.38. The van der Waals surface area contributed by atoms with Crippen LogP contribution in [0.25, 0.3) is 0 Å². The van der Waals surface area contributed by atoms with Crippen LogP contribution in [0.15, 0.2) is 24.3 Å². The molecule has 0 aromatic heterocycles. The summed E-state index contributed by atoms with van der Waals surface area (Å²) in [6.45, 7) is 5.20. The molecule has 3 nitrogen and oxygen atoms in total. The Labute approximate surface area is 102 Å². The van der Waals surface area contributed by atoms with E-state index in [0.29, 0.717) is 6.42 Å². The highest BCUT2D eigenvalue weighted by Gasteiger charge is 2.30. The lowest BCUT2D eigenvalue weighted by molar-refractivity contribution is -0.146. The maximum Gasteiger partial charge on any atom is 0.315 e. The summed E-state index contributed by atoms with van der Waals surface area (Å²) < 4.78 is 4.77. The van der Waals surface area contributed by atoms with Crippen LogP contribution >= 0.6 is 0 Å². The topological polar surface area (TPSA) is 43.4 Å². The molecule has 0 unspecified atom stereocenters. The van der Waals surface area contributed by atoms with Gasteiger partial charge in [0.15, 0.2) is 0 Å². The summed E-state index contributed by atoms with van der Waals surface area (Å²) in [5, 5.41) is 0. The van der Waals surface area contributed by atoms with Gasteiger partial charge in [-0.2, -0.15) is 0 Å². The first-order chi connectivity index (χ1) is 7.87. The second-order valence-electron chi connectivity index (χ2n) is 4.69. The van der Waals surface area contributed by atoms with Crippen molar-refractivity contribution in [2.75, 3.05) is 7.11 Å². The second-order valence-corrected chi connectivity index (χ2v) is 4.69. The van der Waals surface area contributed by atoms with Gasteiger partial charge in [0.05, 0.1) is 12.5 Å². The van der Waals surface area contributed by atoms with Crippen molar-refractivity contribution >= 4 is 11.8 Å². The average molecular weight is 234 g/mol. The lowest BCUT2D eigenvalue weighted by Crippen LogP contribution is -2.30. The molecule has 0 atom stereocenters. The van der Waals surface area contributed by atoms with E-state index in [9.17, 15) is 9.59 Å². The maximum atomic E-state index is 11.6. The molecule has 92 valence electrons. The van der Waals surface area contributed by atoms with Crippen LogP contribution in [0.2, 0.25) is 0 Å². The first kappa shape index (κ1) is 13.4. The lowest BCUT2D eigenvalue weighted by atomic mass is 9.84. The Morgan fingerprint density at radius 2 is 1.71 bits per heavy atom. The predicted octanol–water partition coefficient (Wildman–Crippen LogP) is 2.27. The highest BCUT2D eigenvalue weighted by molar-refractivity contribution is 5.82. The molecule has 1 rings (SSSR count). The molecule has 1 aromatic rings. The Morgan fingerprint density at radius 1 is 1.18 bits per heavy atom. The van der Waals surface area contributed by atoms with Crippen molar-refractivity contribution in [1.29, 1.82) is 0 Å². The van der Waals surface area contributed by atoms with E-state index in [1.807, 2.05) is 38.1 Å². The van der Waals surface area contributed by atoms with Gasteiger partial charge < -0.3 is 4.74 Å². The summed E-state index contributed by atoms with van der Waals surface area (Å²) in [4.78, 5) is 22.6. The Balaban J connectivity index is 2.94. The van der Waals surface area contributed by atoms with Crippen molar-refractivity contribution in [3.05, 3.63) is 35.4 Å². The number of hydrogen-bond acceptors (Lipinski definition) is 3. The van der Waals surface area contributed by atoms with Gasteiger partial charge in [0.1, 0.15) is 5.78 Å². The van der Waals surface area contributed by atoms with Gasteiger partial charge in [0, 0.05) is 6.42 Å². The van der Waals surface area contributed by atoms with E-state index in [2.05, 4.69) is 0 Å². The zero-order valence-corrected chi connectivity index (χ0v) is 10.7. The van der Waals surface area contributed by atoms with Crippen LogP contribution in [-0.2, 0) is 26.2 Å². The number of carbonyl (C=O) groups excluding carboxylic acids is 2. The molecule has 0 spiro atoms. The zero-order valence-electron chi connectivity index (χ0n) is 10.7. The molecular weight excluding hydrogens is 216 g/mol. The molecule has 0 bridgehead atoms. The highest BCUT2D eigenvalue weighted by Crippen LogP contribution is 2.24. The van der Waals surface area contributed by atoms with Crippen molar-refractivity contribution in [2.45, 2.75) is 32.6 Å². The first-order valence-corrected chi connectivity index (χ1v) is 5.55. The third-order valence-corrected chi connectivity index (χ3v) is 2.82. The van der Waals surface area contributed by atoms with E-state index in [1.165, 1.54) is 7.11 Å². The van der Waals surface area contributed by atoms with Gasteiger partial charge in [-0.25, -0.2) is 0 Å². The van der Waals surface area contributed by atoms with E-state index in [1.54, 1.807) is 6.92 Å². The van der Waals surface area contributed by atoms with E-state index >= 15 is 0 Å². The smallest absolute Gasteiger partial charge is 0.315 e. The SMILES string of the molecule is COC(=O)C(C)(C)c1ccc(CC(C)=O)cc1. The molecule has 0 heterocycles. The largest absolute Gasteiger partial charge is 0.468 e. The minimum Gasteiger partial charge on any atom is -0.468 e. The number of ketones is 1. The monoisotopic (exact) mass is 234 g/mol. The normalized spacial score (nSPS) is 11.1. The van der Waals surface area contributed by atoms with Crippen molar-refractivity contribution < 1.29 is 14.3 Å². The van der Waals surface area contributed by atoms with Crippen LogP contribution in [0.1, 0.15) is 31.9 Å². The Morgan fingerprint density at radius 3 is 2.12 bits per heavy atom. The number of carbonyl (C=O) groups is 2. The highest BCUT2D eigenvalue weighted by atomic mass is 16.5. The van der Waals surface area contributed by atoms with Crippen LogP contribution in [-0.4, -0.2) is 18.9 Å². The van der Waals surface area contributed by atoms with Gasteiger partial charge >= 0.3 is 5.97 Å². The van der Waals surface area contributed by atoms with Gasteiger partial charge in [-0.15, -0.1) is 0 Å². The predicted molar refractivity (Wildman–Crippen MR) is 65.9 cm³/mol. The number of ether oxygens (including phenoxy) is 1. The fourth-order valence-corrected chi connectivity index (χ4v) is 1.70. The average Bonchev–Trinajstić information content (AvgIpc) is 2.27. The summed E-state index contributed by atoms with van der Waals surface area (Å²) >= 11 is 0. The fraction of sp³-hybridized carbons (Fsp3) is 0.429. The summed E-state index contributed by atoms with van der Waals surface area (Å²) in [5.41, 5.74) is 1.18. The van der Waals surface area contributed by atoms with E-state index < -0.39 is 5.41 Å². The van der Waals surface area contributed by atoms with Gasteiger partial charge in [-0.3, -0.25) is 9.59 Å². The number of esters is 1. The molecule has 0 amide bonds. The van der Waals surface area contributed by atoms with E-state index in [-0.39, 0.29) is 11.8 Å². The number of benzene rings is 1. The summed E-state index contributed by atoms with van der Waals surface area (Å²) in [5.74, 6) is -0.137. The van der Waals surface area contributed by atoms with Crippen LogP contribution in [0.3, 0.4) is 0 Å².